The molecule has 1 aliphatic rings. The average Bonchev–Trinajstić information content (AvgIpc) is 3.22. The van der Waals surface area contributed by atoms with Crippen molar-refractivity contribution in [3.05, 3.63) is 22.1 Å². The summed E-state index contributed by atoms with van der Waals surface area (Å²) in [6.45, 7) is 16.1. The van der Waals surface area contributed by atoms with Gasteiger partial charge >= 0.3 is 0 Å². The van der Waals surface area contributed by atoms with Gasteiger partial charge in [-0.1, -0.05) is 13.8 Å². The molecule has 28 heavy (non-hydrogen) atoms. The van der Waals surface area contributed by atoms with Gasteiger partial charge in [0.2, 0.25) is 0 Å². The Morgan fingerprint density at radius 2 is 2.04 bits per heavy atom. The summed E-state index contributed by atoms with van der Waals surface area (Å²) >= 11 is 1.73. The summed E-state index contributed by atoms with van der Waals surface area (Å²) in [5.41, 5.74) is 2.11. The molecule has 0 aliphatic carbocycles. The first kappa shape index (κ1) is 19.7. The Morgan fingerprint density at radius 1 is 1.25 bits per heavy atom. The molecule has 8 heteroatoms. The molecule has 0 bridgehead atoms. The molecule has 0 fully saturated rings. The van der Waals surface area contributed by atoms with Gasteiger partial charge in [-0.05, 0) is 39.4 Å². The van der Waals surface area contributed by atoms with E-state index in [2.05, 4.69) is 37.9 Å². The van der Waals surface area contributed by atoms with Crippen LogP contribution in [0.15, 0.2) is 0 Å². The monoisotopic (exact) mass is 402 g/mol. The minimum Gasteiger partial charge on any atom is -0.370 e. The third kappa shape index (κ3) is 3.66. The Labute approximate surface area is 170 Å². The molecule has 0 saturated carbocycles. The number of hydrogen-bond donors (Lipinski definition) is 1. The molecule has 3 aromatic heterocycles. The fraction of sp³-hybridized carbons (Fsp3) is 0.650. The Bertz CT molecular complexity index is 988. The summed E-state index contributed by atoms with van der Waals surface area (Å²) in [7, 11) is 0. The lowest BCUT2D eigenvalue weighted by molar-refractivity contribution is -0.0379. The largest absolute Gasteiger partial charge is 0.370 e. The van der Waals surface area contributed by atoms with Crippen LogP contribution in [0.25, 0.3) is 15.9 Å². The van der Waals surface area contributed by atoms with Crippen LogP contribution in [0.1, 0.15) is 49.8 Å². The van der Waals surface area contributed by atoms with Gasteiger partial charge in [0, 0.05) is 24.4 Å². The fourth-order valence-electron chi connectivity index (χ4n) is 3.84. The molecule has 4 heterocycles. The highest BCUT2D eigenvalue weighted by Crippen LogP contribution is 2.39. The number of likely N-dealkylation sites (N-methyl/N-ethyl adjacent to an activating group) is 1. The van der Waals surface area contributed by atoms with Crippen LogP contribution in [-0.2, 0) is 24.3 Å². The summed E-state index contributed by atoms with van der Waals surface area (Å²) in [6.07, 6.45) is 0.882. The third-order valence-corrected chi connectivity index (χ3v) is 6.59. The maximum absolute atomic E-state index is 6.00. The second kappa shape index (κ2) is 7.67. The van der Waals surface area contributed by atoms with Gasteiger partial charge < -0.3 is 15.0 Å². The molecular formula is C20H30N6OS. The van der Waals surface area contributed by atoms with Crippen molar-refractivity contribution in [3.63, 3.8) is 0 Å². The highest BCUT2D eigenvalue weighted by molar-refractivity contribution is 7.19. The van der Waals surface area contributed by atoms with Crippen LogP contribution in [-0.4, -0.2) is 56.3 Å². The Hall–Kier alpha value is -1.61. The van der Waals surface area contributed by atoms with Crippen molar-refractivity contribution in [2.45, 2.75) is 59.8 Å². The van der Waals surface area contributed by atoms with Crippen molar-refractivity contribution in [3.8, 4) is 0 Å². The number of nitrogens with zero attached hydrogens (tertiary/aromatic N) is 5. The maximum Gasteiger partial charge on any atom is 0.168 e. The van der Waals surface area contributed by atoms with E-state index in [1.807, 2.05) is 11.4 Å². The van der Waals surface area contributed by atoms with Crippen molar-refractivity contribution < 1.29 is 4.74 Å². The molecule has 0 aromatic carbocycles. The zero-order valence-electron chi connectivity index (χ0n) is 17.5. The number of ether oxygens (including phenoxy) is 1. The molecule has 7 nitrogen and oxygen atoms in total. The van der Waals surface area contributed by atoms with Gasteiger partial charge in [-0.25, -0.2) is 9.97 Å². The van der Waals surface area contributed by atoms with Crippen molar-refractivity contribution in [1.82, 2.24) is 29.8 Å². The molecule has 0 atom stereocenters. The molecule has 0 radical (unpaired) electrons. The van der Waals surface area contributed by atoms with E-state index in [1.54, 1.807) is 11.3 Å². The maximum atomic E-state index is 6.00. The van der Waals surface area contributed by atoms with E-state index in [-0.39, 0.29) is 5.60 Å². The first-order valence-electron chi connectivity index (χ1n) is 10.2. The van der Waals surface area contributed by atoms with E-state index in [1.165, 1.54) is 10.4 Å². The first-order chi connectivity index (χ1) is 13.4. The molecular weight excluding hydrogens is 372 g/mol. The molecule has 1 aliphatic heterocycles. The van der Waals surface area contributed by atoms with Crippen LogP contribution < -0.4 is 5.32 Å². The number of hydrogen-bond acceptors (Lipinski definition) is 7. The highest BCUT2D eigenvalue weighted by Gasteiger charge is 2.31. The summed E-state index contributed by atoms with van der Waals surface area (Å²) < 4.78 is 7.90. The van der Waals surface area contributed by atoms with Gasteiger partial charge in [0.1, 0.15) is 10.7 Å². The predicted molar refractivity (Wildman–Crippen MR) is 113 cm³/mol. The van der Waals surface area contributed by atoms with Crippen LogP contribution in [0.4, 0.5) is 0 Å². The van der Waals surface area contributed by atoms with Crippen LogP contribution in [0.2, 0.25) is 0 Å². The number of aryl methyl sites for hydroxylation is 1. The highest BCUT2D eigenvalue weighted by atomic mass is 32.1. The van der Waals surface area contributed by atoms with E-state index in [4.69, 9.17) is 19.8 Å². The van der Waals surface area contributed by atoms with Crippen LogP contribution in [0.3, 0.4) is 0 Å². The lowest BCUT2D eigenvalue weighted by Crippen LogP contribution is -2.31. The van der Waals surface area contributed by atoms with Gasteiger partial charge in [0.25, 0.3) is 0 Å². The fourth-order valence-corrected chi connectivity index (χ4v) is 4.98. The summed E-state index contributed by atoms with van der Waals surface area (Å²) in [5, 5.41) is 9.36. The van der Waals surface area contributed by atoms with Crippen LogP contribution in [0.5, 0.6) is 0 Å². The SMILES string of the molecule is CCN(CC)CCNCc1nc2c3c4c(sc3nc(C)n2n1)COC(C)(C)C4. The standard InChI is InChI=1S/C20H30N6OS/c1-6-25(7-2)9-8-21-11-16-23-18-17-14-10-20(4,5)27-12-15(14)28-19(17)22-13(3)26(18)24-16/h21H,6-12H2,1-5H3. The number of fused-ring (bicyclic) bond motifs is 5. The van der Waals surface area contributed by atoms with Gasteiger partial charge in [-0.15, -0.1) is 16.4 Å². The lowest BCUT2D eigenvalue weighted by atomic mass is 9.94. The van der Waals surface area contributed by atoms with E-state index in [0.29, 0.717) is 13.2 Å². The molecule has 0 amide bonds. The predicted octanol–water partition coefficient (Wildman–Crippen LogP) is 2.93. The molecule has 0 unspecified atom stereocenters. The smallest absolute Gasteiger partial charge is 0.168 e. The van der Waals surface area contributed by atoms with E-state index >= 15 is 0 Å². The molecule has 1 N–H and O–H groups in total. The number of aromatic nitrogens is 4. The van der Waals surface area contributed by atoms with E-state index < -0.39 is 0 Å². The molecule has 3 aromatic rings. The van der Waals surface area contributed by atoms with Crippen molar-refractivity contribution in [2.75, 3.05) is 26.2 Å². The summed E-state index contributed by atoms with van der Waals surface area (Å²) in [5.74, 6) is 1.70. The van der Waals surface area contributed by atoms with E-state index in [0.717, 1.165) is 60.1 Å². The minimum atomic E-state index is -0.155. The second-order valence-corrected chi connectivity index (χ2v) is 9.12. The number of rotatable bonds is 7. The molecule has 4 rings (SSSR count). The molecule has 0 saturated heterocycles. The van der Waals surface area contributed by atoms with Gasteiger partial charge in [-0.3, -0.25) is 0 Å². The van der Waals surface area contributed by atoms with Gasteiger partial charge in [-0.2, -0.15) is 4.52 Å². The Kier molecular flexibility index (Phi) is 5.39. The zero-order chi connectivity index (χ0) is 19.9. The second-order valence-electron chi connectivity index (χ2n) is 8.04. The number of nitrogens with one attached hydrogen (secondary N) is 1. The zero-order valence-corrected chi connectivity index (χ0v) is 18.3. The van der Waals surface area contributed by atoms with Crippen molar-refractivity contribution in [2.24, 2.45) is 0 Å². The third-order valence-electron chi connectivity index (χ3n) is 5.50. The summed E-state index contributed by atoms with van der Waals surface area (Å²) in [6, 6.07) is 0. The van der Waals surface area contributed by atoms with E-state index in [9.17, 15) is 0 Å². The average molecular weight is 403 g/mol. The van der Waals surface area contributed by atoms with Crippen molar-refractivity contribution >= 4 is 27.2 Å². The number of thiophene rings is 1. The van der Waals surface area contributed by atoms with Crippen LogP contribution in [0, 0.1) is 6.92 Å². The first-order valence-corrected chi connectivity index (χ1v) is 11.0. The van der Waals surface area contributed by atoms with Gasteiger partial charge in [0.05, 0.1) is 24.1 Å². The van der Waals surface area contributed by atoms with Gasteiger partial charge in [0.15, 0.2) is 11.5 Å². The molecule has 152 valence electrons. The molecule has 0 spiro atoms. The quantitative estimate of drug-likeness (QED) is 0.613. The van der Waals surface area contributed by atoms with Crippen LogP contribution >= 0.6 is 11.3 Å². The topological polar surface area (TPSA) is 67.6 Å². The Balaban J connectivity index is 1.62. The summed E-state index contributed by atoms with van der Waals surface area (Å²) in [4.78, 5) is 14.4. The van der Waals surface area contributed by atoms with Crippen molar-refractivity contribution in [1.29, 1.82) is 0 Å². The minimum absolute atomic E-state index is 0.155. The lowest BCUT2D eigenvalue weighted by Gasteiger charge is -2.30. The Morgan fingerprint density at radius 3 is 2.79 bits per heavy atom. The normalized spacial score (nSPS) is 16.4.